The Kier molecular flexibility index (Phi) is 7.09. The third-order valence-corrected chi connectivity index (χ3v) is 2.36. The van der Waals surface area contributed by atoms with Crippen molar-refractivity contribution < 1.29 is 9.47 Å². The van der Waals surface area contributed by atoms with Crippen LogP contribution in [0, 0.1) is 0 Å². The Labute approximate surface area is 87.8 Å². The lowest BCUT2D eigenvalue weighted by Gasteiger charge is -2.27. The molecule has 0 bridgehead atoms. The summed E-state index contributed by atoms with van der Waals surface area (Å²) < 4.78 is 10.7. The summed E-state index contributed by atoms with van der Waals surface area (Å²) in [6.07, 6.45) is 2.29. The molecule has 0 radical (unpaired) electrons. The minimum atomic E-state index is 0.174. The van der Waals surface area contributed by atoms with Crippen LogP contribution in [0.25, 0.3) is 0 Å². The van der Waals surface area contributed by atoms with Gasteiger partial charge in [0, 0.05) is 14.2 Å². The van der Waals surface area contributed by atoms with Gasteiger partial charge in [0.2, 0.25) is 0 Å². The van der Waals surface area contributed by atoms with Crippen molar-refractivity contribution in [2.45, 2.75) is 25.3 Å². The SMILES string of the molecule is COC(CCC(OC)N(C)C)N(C)C. The Hall–Kier alpha value is -0.160. The van der Waals surface area contributed by atoms with E-state index in [1.807, 2.05) is 28.2 Å². The molecule has 0 rings (SSSR count). The standard InChI is InChI=1S/C10H24N2O2/c1-11(2)9(13-5)7-8-10(14-6)12(3)4/h9-10H,7-8H2,1-6H3. The predicted octanol–water partition coefficient (Wildman–Crippen LogP) is 0.835. The highest BCUT2D eigenvalue weighted by Crippen LogP contribution is 2.10. The van der Waals surface area contributed by atoms with Gasteiger partial charge in [0.05, 0.1) is 0 Å². The third-order valence-electron chi connectivity index (χ3n) is 2.36. The molecular formula is C10H24N2O2. The number of hydrogen-bond donors (Lipinski definition) is 0. The van der Waals surface area contributed by atoms with Crippen molar-refractivity contribution in [2.24, 2.45) is 0 Å². The van der Waals surface area contributed by atoms with Crippen LogP contribution in [0.3, 0.4) is 0 Å². The van der Waals surface area contributed by atoms with Gasteiger partial charge in [-0.3, -0.25) is 9.80 Å². The molecule has 4 nitrogen and oxygen atoms in total. The number of ether oxygens (including phenoxy) is 2. The van der Waals surface area contributed by atoms with E-state index >= 15 is 0 Å². The molecule has 2 unspecified atom stereocenters. The molecule has 2 atom stereocenters. The molecule has 4 heteroatoms. The van der Waals surface area contributed by atoms with Crippen LogP contribution in [0.4, 0.5) is 0 Å². The zero-order valence-electron chi connectivity index (χ0n) is 10.3. The Morgan fingerprint density at radius 1 is 0.786 bits per heavy atom. The lowest BCUT2D eigenvalue weighted by Crippen LogP contribution is -2.34. The predicted molar refractivity (Wildman–Crippen MR) is 58.2 cm³/mol. The highest BCUT2D eigenvalue weighted by molar-refractivity contribution is 4.60. The second kappa shape index (κ2) is 7.17. The Balaban J connectivity index is 3.88. The van der Waals surface area contributed by atoms with Gasteiger partial charge in [0.1, 0.15) is 12.5 Å². The van der Waals surface area contributed by atoms with Gasteiger partial charge in [0.15, 0.2) is 0 Å². The van der Waals surface area contributed by atoms with Gasteiger partial charge in [-0.15, -0.1) is 0 Å². The van der Waals surface area contributed by atoms with E-state index in [0.717, 1.165) is 12.8 Å². The van der Waals surface area contributed by atoms with Crippen molar-refractivity contribution in [1.82, 2.24) is 9.80 Å². The zero-order valence-corrected chi connectivity index (χ0v) is 10.3. The number of rotatable bonds is 7. The lowest BCUT2D eigenvalue weighted by molar-refractivity contribution is -0.0487. The van der Waals surface area contributed by atoms with E-state index in [9.17, 15) is 0 Å². The molecule has 0 N–H and O–H groups in total. The molecule has 0 saturated carbocycles. The molecule has 86 valence electrons. The van der Waals surface area contributed by atoms with Gasteiger partial charge in [-0.1, -0.05) is 0 Å². The minimum Gasteiger partial charge on any atom is -0.366 e. The van der Waals surface area contributed by atoms with E-state index < -0.39 is 0 Å². The van der Waals surface area contributed by atoms with E-state index in [-0.39, 0.29) is 12.5 Å². The van der Waals surface area contributed by atoms with Crippen molar-refractivity contribution in [3.63, 3.8) is 0 Å². The van der Waals surface area contributed by atoms with Crippen LogP contribution in [-0.2, 0) is 9.47 Å². The van der Waals surface area contributed by atoms with Gasteiger partial charge in [-0.2, -0.15) is 0 Å². The van der Waals surface area contributed by atoms with Crippen LogP contribution in [0.15, 0.2) is 0 Å². The number of methoxy groups -OCH3 is 2. The van der Waals surface area contributed by atoms with E-state index in [2.05, 4.69) is 9.80 Å². The third kappa shape index (κ3) is 4.91. The number of nitrogens with zero attached hydrogens (tertiary/aromatic N) is 2. The smallest absolute Gasteiger partial charge is 0.109 e. The topological polar surface area (TPSA) is 24.9 Å². The van der Waals surface area contributed by atoms with Crippen LogP contribution < -0.4 is 0 Å². The van der Waals surface area contributed by atoms with Crippen molar-refractivity contribution in [3.8, 4) is 0 Å². The fraction of sp³-hybridized carbons (Fsp3) is 1.00. The summed E-state index contributed by atoms with van der Waals surface area (Å²) in [6.45, 7) is 0. The van der Waals surface area contributed by atoms with Gasteiger partial charge in [0.25, 0.3) is 0 Å². The van der Waals surface area contributed by atoms with Gasteiger partial charge >= 0.3 is 0 Å². The maximum absolute atomic E-state index is 5.34. The van der Waals surface area contributed by atoms with Crippen LogP contribution in [0.5, 0.6) is 0 Å². The second-order valence-corrected chi connectivity index (χ2v) is 3.89. The first-order chi connectivity index (χ1) is 6.52. The van der Waals surface area contributed by atoms with Gasteiger partial charge < -0.3 is 9.47 Å². The average Bonchev–Trinajstić information content (AvgIpc) is 2.11. The van der Waals surface area contributed by atoms with Crippen molar-refractivity contribution in [1.29, 1.82) is 0 Å². The van der Waals surface area contributed by atoms with Crippen molar-refractivity contribution >= 4 is 0 Å². The molecule has 0 fully saturated rings. The van der Waals surface area contributed by atoms with Crippen LogP contribution in [0.2, 0.25) is 0 Å². The zero-order chi connectivity index (χ0) is 11.1. The first-order valence-electron chi connectivity index (χ1n) is 4.91. The molecule has 0 saturated heterocycles. The summed E-state index contributed by atoms with van der Waals surface area (Å²) in [6, 6.07) is 0. The highest BCUT2D eigenvalue weighted by Gasteiger charge is 2.15. The molecule has 0 aromatic carbocycles. The molecule has 0 aliphatic heterocycles. The number of hydrogen-bond acceptors (Lipinski definition) is 4. The summed E-state index contributed by atoms with van der Waals surface area (Å²) in [7, 11) is 11.6. The van der Waals surface area contributed by atoms with Gasteiger partial charge in [-0.05, 0) is 41.0 Å². The Morgan fingerprint density at radius 3 is 1.21 bits per heavy atom. The fourth-order valence-corrected chi connectivity index (χ4v) is 1.46. The van der Waals surface area contributed by atoms with Crippen LogP contribution >= 0.6 is 0 Å². The van der Waals surface area contributed by atoms with E-state index in [1.54, 1.807) is 14.2 Å². The fourth-order valence-electron chi connectivity index (χ4n) is 1.46. The van der Waals surface area contributed by atoms with E-state index in [1.165, 1.54) is 0 Å². The first-order valence-corrected chi connectivity index (χ1v) is 4.91. The normalized spacial score (nSPS) is 16.3. The van der Waals surface area contributed by atoms with E-state index in [0.29, 0.717) is 0 Å². The molecule has 0 aliphatic rings. The summed E-state index contributed by atoms with van der Waals surface area (Å²) in [5.74, 6) is 0. The molecule has 0 amide bonds. The summed E-state index contributed by atoms with van der Waals surface area (Å²) in [5, 5.41) is 0. The van der Waals surface area contributed by atoms with Gasteiger partial charge in [-0.25, -0.2) is 0 Å². The van der Waals surface area contributed by atoms with Crippen LogP contribution in [-0.4, -0.2) is 64.7 Å². The maximum atomic E-state index is 5.34. The quantitative estimate of drug-likeness (QED) is 0.574. The minimum absolute atomic E-state index is 0.174. The largest absolute Gasteiger partial charge is 0.366 e. The Bertz CT molecular complexity index is 124. The molecule has 0 heterocycles. The molecule has 0 aromatic rings. The molecule has 0 aromatic heterocycles. The first kappa shape index (κ1) is 13.8. The summed E-state index contributed by atoms with van der Waals surface area (Å²) >= 11 is 0. The summed E-state index contributed by atoms with van der Waals surface area (Å²) in [4.78, 5) is 4.14. The molecule has 0 aliphatic carbocycles. The average molecular weight is 204 g/mol. The Morgan fingerprint density at radius 2 is 1.07 bits per heavy atom. The highest BCUT2D eigenvalue weighted by atomic mass is 16.5. The summed E-state index contributed by atoms with van der Waals surface area (Å²) in [5.41, 5.74) is 0. The second-order valence-electron chi connectivity index (χ2n) is 3.89. The molecule has 0 spiro atoms. The molecule has 14 heavy (non-hydrogen) atoms. The van der Waals surface area contributed by atoms with E-state index in [4.69, 9.17) is 9.47 Å². The monoisotopic (exact) mass is 204 g/mol. The lowest BCUT2D eigenvalue weighted by atomic mass is 10.2. The van der Waals surface area contributed by atoms with Crippen molar-refractivity contribution in [3.05, 3.63) is 0 Å². The maximum Gasteiger partial charge on any atom is 0.109 e. The van der Waals surface area contributed by atoms with Crippen LogP contribution in [0.1, 0.15) is 12.8 Å². The van der Waals surface area contributed by atoms with Crippen molar-refractivity contribution in [2.75, 3.05) is 42.4 Å². The molecular weight excluding hydrogens is 180 g/mol.